The number of hydrogen-bond acceptors (Lipinski definition) is 3. The zero-order chi connectivity index (χ0) is 26.4. The fourth-order valence-corrected chi connectivity index (χ4v) is 3.31. The molecule has 0 heterocycles. The molecule has 0 N–H and O–H groups in total. The molecule has 0 aliphatic rings. The first-order chi connectivity index (χ1) is 15.0. The van der Waals surface area contributed by atoms with Crippen LogP contribution in [0.1, 0.15) is 32.1 Å². The first kappa shape index (κ1) is 33.4. The lowest BCUT2D eigenvalue weighted by Gasteiger charge is -2.35. The summed E-state index contributed by atoms with van der Waals surface area (Å²) in [7, 11) is -6.45. The van der Waals surface area contributed by atoms with Gasteiger partial charge in [0.05, 0.1) is 26.2 Å². The van der Waals surface area contributed by atoms with Crippen LogP contribution in [-0.2, 0) is 14.5 Å². The van der Waals surface area contributed by atoms with E-state index >= 15 is 0 Å². The standard InChI is InChI=1S/C12H20N.C8H10F8O3S/c1-5-9-13(10-6-2,11-7-3)12-8-4;9-6(10,8(14,15)20(17,18)19-16)4-2-1-3-5-7(11,12)13/h5-8H,1-4,9-12H2;1-5H2/q+1;. The third-order valence-electron chi connectivity index (χ3n) is 4.34. The third kappa shape index (κ3) is 11.8. The molecule has 0 aromatic carbocycles. The van der Waals surface area contributed by atoms with Crippen molar-refractivity contribution in [3.05, 3.63) is 50.6 Å². The molecule has 0 saturated heterocycles. The Hall–Kier alpha value is -1.73. The van der Waals surface area contributed by atoms with Gasteiger partial charge < -0.3 is 4.48 Å². The second-order valence-corrected chi connectivity index (χ2v) is 8.69. The van der Waals surface area contributed by atoms with Crippen molar-refractivity contribution in [1.29, 1.82) is 0 Å². The van der Waals surface area contributed by atoms with Gasteiger partial charge in [-0.1, -0.05) is 37.1 Å². The lowest BCUT2D eigenvalue weighted by Crippen LogP contribution is -2.48. The molecule has 13 heteroatoms. The monoisotopic (exact) mass is 516 g/mol. The van der Waals surface area contributed by atoms with Gasteiger partial charge in [0.1, 0.15) is 0 Å². The molecule has 4 nitrogen and oxygen atoms in total. The normalized spacial score (nSPS) is 13.0. The van der Waals surface area contributed by atoms with Crippen molar-refractivity contribution in [1.82, 2.24) is 0 Å². The summed E-state index contributed by atoms with van der Waals surface area (Å²) in [6, 6.07) is 0. The number of alkyl halides is 7. The van der Waals surface area contributed by atoms with Crippen LogP contribution in [0.3, 0.4) is 0 Å². The molecule has 0 radical (unpaired) electrons. The van der Waals surface area contributed by atoms with Crippen LogP contribution in [0, 0.1) is 0 Å². The Balaban J connectivity index is 0. The van der Waals surface area contributed by atoms with Crippen molar-refractivity contribution < 1.29 is 52.5 Å². The van der Waals surface area contributed by atoms with E-state index in [2.05, 4.69) is 26.3 Å². The van der Waals surface area contributed by atoms with E-state index in [1.165, 1.54) is 0 Å². The van der Waals surface area contributed by atoms with Gasteiger partial charge in [-0.15, -0.1) is 0 Å². The Morgan fingerprint density at radius 3 is 1.36 bits per heavy atom. The van der Waals surface area contributed by atoms with Crippen LogP contribution >= 0.6 is 0 Å². The topological polar surface area (TPSA) is 43.4 Å². The fourth-order valence-electron chi connectivity index (χ4n) is 2.76. The quantitative estimate of drug-likeness (QED) is 0.102. The largest absolute Gasteiger partial charge is 0.434 e. The molecule has 0 unspecified atom stereocenters. The van der Waals surface area contributed by atoms with E-state index in [9.17, 15) is 43.7 Å². The Kier molecular flexibility index (Phi) is 14.7. The predicted octanol–water partition coefficient (Wildman–Crippen LogP) is 6.51. The van der Waals surface area contributed by atoms with E-state index in [0.717, 1.165) is 30.7 Å². The van der Waals surface area contributed by atoms with E-state index in [0.29, 0.717) is 0 Å². The second-order valence-electron chi connectivity index (χ2n) is 7.14. The summed E-state index contributed by atoms with van der Waals surface area (Å²) in [4.78, 5) is 0. The zero-order valence-corrected chi connectivity index (χ0v) is 18.9. The molecule has 0 aliphatic carbocycles. The fraction of sp³-hybridized carbons (Fsp3) is 0.600. The van der Waals surface area contributed by atoms with E-state index in [-0.39, 0.29) is 0 Å². The minimum absolute atomic E-state index is 0.471. The maximum Gasteiger partial charge on any atom is 0.434 e. The zero-order valence-electron chi connectivity index (χ0n) is 18.1. The molecule has 33 heavy (non-hydrogen) atoms. The van der Waals surface area contributed by atoms with E-state index in [4.69, 9.17) is 0 Å². The van der Waals surface area contributed by atoms with Gasteiger partial charge in [0, 0.05) is 12.8 Å². The highest BCUT2D eigenvalue weighted by Gasteiger charge is 2.66. The summed E-state index contributed by atoms with van der Waals surface area (Å²) < 4.78 is 121. The van der Waals surface area contributed by atoms with Crippen molar-refractivity contribution in [2.75, 3.05) is 26.2 Å². The Morgan fingerprint density at radius 1 is 0.697 bits per heavy atom. The molecular formula is C20H30F8NO3S+. The number of quaternary nitrogens is 1. The molecule has 0 atom stereocenters. The summed E-state index contributed by atoms with van der Waals surface area (Å²) in [6.45, 7) is 18.8. The van der Waals surface area contributed by atoms with Crippen LogP contribution in [0.25, 0.3) is 0 Å². The third-order valence-corrected chi connectivity index (χ3v) is 5.43. The molecule has 0 bridgehead atoms. The minimum Gasteiger partial charge on any atom is -0.311 e. The van der Waals surface area contributed by atoms with E-state index in [1.807, 2.05) is 28.7 Å². The summed E-state index contributed by atoms with van der Waals surface area (Å²) in [5, 5.41) is -5.81. The van der Waals surface area contributed by atoms with E-state index < -0.39 is 59.6 Å². The summed E-state index contributed by atoms with van der Waals surface area (Å²) in [6.07, 6.45) is -1.57. The van der Waals surface area contributed by atoms with Crippen molar-refractivity contribution >= 4 is 10.1 Å². The predicted molar refractivity (Wildman–Crippen MR) is 111 cm³/mol. The number of rotatable bonds is 16. The van der Waals surface area contributed by atoms with Gasteiger partial charge in [-0.3, -0.25) is 0 Å². The molecule has 194 valence electrons. The van der Waals surface area contributed by atoms with Gasteiger partial charge in [0.25, 0.3) is 0 Å². The average molecular weight is 517 g/mol. The molecule has 0 spiro atoms. The van der Waals surface area contributed by atoms with Crippen molar-refractivity contribution in [3.8, 4) is 0 Å². The summed E-state index contributed by atoms with van der Waals surface area (Å²) >= 11 is 0. The van der Waals surface area contributed by atoms with Crippen LogP contribution in [-0.4, -0.2) is 56.4 Å². The lowest BCUT2D eigenvalue weighted by atomic mass is 10.1. The summed E-state index contributed by atoms with van der Waals surface area (Å²) in [5.41, 5.74) is 0. The summed E-state index contributed by atoms with van der Waals surface area (Å²) in [5.74, 6) is -5.16. The second kappa shape index (κ2) is 14.5. The van der Waals surface area contributed by atoms with Crippen molar-refractivity contribution in [2.24, 2.45) is 0 Å². The van der Waals surface area contributed by atoms with Crippen LogP contribution in [0.2, 0.25) is 0 Å². The van der Waals surface area contributed by atoms with Crippen LogP contribution in [0.15, 0.2) is 50.6 Å². The van der Waals surface area contributed by atoms with Gasteiger partial charge in [0.2, 0.25) is 0 Å². The van der Waals surface area contributed by atoms with Gasteiger partial charge >= 0.3 is 27.5 Å². The number of nitrogens with zero attached hydrogens (tertiary/aromatic N) is 1. The van der Waals surface area contributed by atoms with Crippen molar-refractivity contribution in [2.45, 2.75) is 49.5 Å². The molecule has 0 fully saturated rings. The van der Waals surface area contributed by atoms with Crippen LogP contribution in [0.5, 0.6) is 0 Å². The van der Waals surface area contributed by atoms with Gasteiger partial charge in [-0.2, -0.15) is 39.2 Å². The first-order valence-corrected chi connectivity index (χ1v) is 11.1. The molecular weight excluding hydrogens is 486 g/mol. The van der Waals surface area contributed by atoms with Gasteiger partial charge in [-0.25, -0.2) is 0 Å². The Bertz CT molecular complexity index is 676. The molecule has 0 saturated carbocycles. The lowest BCUT2D eigenvalue weighted by molar-refractivity contribution is -0.906. The average Bonchev–Trinajstić information content (AvgIpc) is 2.67. The van der Waals surface area contributed by atoms with Crippen LogP contribution in [0.4, 0.5) is 35.3 Å². The maximum atomic E-state index is 12.9. The number of halogens is 8. The number of unbranched alkanes of at least 4 members (excludes halogenated alkanes) is 2. The van der Waals surface area contributed by atoms with Gasteiger partial charge in [0.15, 0.2) is 0 Å². The highest BCUT2D eigenvalue weighted by atomic mass is 32.2. The SMILES string of the molecule is C=CC[N+](CC=C)(CC=C)CC=C.O=S(=O)(OF)C(F)(F)C(F)(F)CCCCCC(F)(F)F. The van der Waals surface area contributed by atoms with Crippen LogP contribution < -0.4 is 0 Å². The maximum absolute atomic E-state index is 12.9. The smallest absolute Gasteiger partial charge is 0.311 e. The molecule has 0 aliphatic heterocycles. The van der Waals surface area contributed by atoms with E-state index in [1.54, 1.807) is 0 Å². The Labute approximate surface area is 189 Å². The highest BCUT2D eigenvalue weighted by molar-refractivity contribution is 7.87. The molecule has 0 aromatic heterocycles. The molecule has 0 rings (SSSR count). The Morgan fingerprint density at radius 2 is 1.06 bits per heavy atom. The highest BCUT2D eigenvalue weighted by Crippen LogP contribution is 2.43. The van der Waals surface area contributed by atoms with Gasteiger partial charge in [-0.05, 0) is 41.7 Å². The number of hydrogen-bond donors (Lipinski definition) is 0. The first-order valence-electron chi connectivity index (χ1n) is 9.67. The minimum atomic E-state index is -6.45. The molecule has 0 aromatic rings. The van der Waals surface area contributed by atoms with Crippen molar-refractivity contribution in [3.63, 3.8) is 0 Å². The molecule has 0 amide bonds.